The summed E-state index contributed by atoms with van der Waals surface area (Å²) >= 11 is 0. The molecule has 7 nitrogen and oxygen atoms in total. The third kappa shape index (κ3) is 2.68. The molecule has 0 aliphatic carbocycles. The van der Waals surface area contributed by atoms with Gasteiger partial charge in [0, 0.05) is 5.69 Å². The largest absolute Gasteiger partial charge is 0.411 e. The van der Waals surface area contributed by atoms with Gasteiger partial charge in [0.05, 0.1) is 5.41 Å². The predicted octanol–water partition coefficient (Wildman–Crippen LogP) is 3.35. The fourth-order valence-electron chi connectivity index (χ4n) is 3.43. The Labute approximate surface area is 156 Å². The first-order valence-electron chi connectivity index (χ1n) is 8.59. The number of anilines is 1. The van der Waals surface area contributed by atoms with Gasteiger partial charge in [-0.3, -0.25) is 9.69 Å². The summed E-state index contributed by atoms with van der Waals surface area (Å²) in [6.45, 7) is 3.49. The van der Waals surface area contributed by atoms with E-state index in [1.54, 1.807) is 18.7 Å². The van der Waals surface area contributed by atoms with E-state index in [1.807, 2.05) is 54.6 Å². The van der Waals surface area contributed by atoms with E-state index in [4.69, 9.17) is 0 Å². The van der Waals surface area contributed by atoms with Crippen molar-refractivity contribution in [3.05, 3.63) is 67.3 Å². The summed E-state index contributed by atoms with van der Waals surface area (Å²) in [7, 11) is 0. The zero-order valence-electron chi connectivity index (χ0n) is 15.0. The number of oxime groups is 1. The van der Waals surface area contributed by atoms with E-state index in [0.717, 1.165) is 11.1 Å². The molecule has 1 N–H and O–H groups in total. The lowest BCUT2D eigenvalue weighted by Crippen LogP contribution is -2.34. The van der Waals surface area contributed by atoms with Gasteiger partial charge in [-0.15, -0.1) is 0 Å². The number of carbonyl (C=O) groups is 1. The summed E-state index contributed by atoms with van der Waals surface area (Å²) in [5.41, 5.74) is 2.22. The van der Waals surface area contributed by atoms with Crippen LogP contribution < -0.4 is 4.90 Å². The van der Waals surface area contributed by atoms with E-state index in [0.29, 0.717) is 11.4 Å². The quantitative estimate of drug-likeness (QED) is 0.573. The molecule has 27 heavy (non-hydrogen) atoms. The fraction of sp³-hybridized carbons (Fsp3) is 0.200. The molecular formula is C20H19N5O2. The van der Waals surface area contributed by atoms with Crippen molar-refractivity contribution in [2.24, 2.45) is 10.6 Å². The average molecular weight is 361 g/mol. The molecule has 7 heteroatoms. The van der Waals surface area contributed by atoms with Gasteiger partial charge in [-0.2, -0.15) is 5.10 Å². The van der Waals surface area contributed by atoms with E-state index >= 15 is 0 Å². The van der Waals surface area contributed by atoms with Crippen LogP contribution in [0.15, 0.2) is 72.4 Å². The van der Waals surface area contributed by atoms with E-state index in [2.05, 4.69) is 15.2 Å². The highest BCUT2D eigenvalue weighted by Crippen LogP contribution is 2.41. The molecule has 1 atom stereocenters. The van der Waals surface area contributed by atoms with Crippen LogP contribution in [0.2, 0.25) is 0 Å². The number of hydrogen-bond donors (Lipinski definition) is 1. The van der Waals surface area contributed by atoms with E-state index < -0.39 is 11.6 Å². The molecule has 2 aromatic carbocycles. The Bertz CT molecular complexity index is 979. The number of benzene rings is 2. The van der Waals surface area contributed by atoms with Gasteiger partial charge >= 0.3 is 0 Å². The monoisotopic (exact) mass is 361 g/mol. The molecule has 1 unspecified atom stereocenters. The number of hydrogen-bond acceptors (Lipinski definition) is 5. The topological polar surface area (TPSA) is 83.6 Å². The molecule has 1 fully saturated rings. The maximum absolute atomic E-state index is 13.1. The van der Waals surface area contributed by atoms with Gasteiger partial charge in [0.1, 0.15) is 18.4 Å². The predicted molar refractivity (Wildman–Crippen MR) is 101 cm³/mol. The first-order valence-corrected chi connectivity index (χ1v) is 8.59. The van der Waals surface area contributed by atoms with Crippen LogP contribution in [-0.4, -0.2) is 31.6 Å². The summed E-state index contributed by atoms with van der Waals surface area (Å²) in [5, 5.41) is 17.2. The number of carbonyl (C=O) groups excluding carboxylic acids is 1. The Morgan fingerprint density at radius 3 is 2.30 bits per heavy atom. The molecule has 0 radical (unpaired) electrons. The number of rotatable bonds is 3. The third-order valence-electron chi connectivity index (χ3n) is 4.93. The second-order valence-corrected chi connectivity index (χ2v) is 6.95. The fourth-order valence-corrected chi connectivity index (χ4v) is 3.43. The summed E-state index contributed by atoms with van der Waals surface area (Å²) < 4.78 is 1.52. The second kappa shape index (κ2) is 6.35. The minimum absolute atomic E-state index is 0.164. The minimum Gasteiger partial charge on any atom is -0.411 e. The van der Waals surface area contributed by atoms with Crippen LogP contribution in [0.1, 0.15) is 20.0 Å². The summed E-state index contributed by atoms with van der Waals surface area (Å²) in [6, 6.07) is 17.7. The van der Waals surface area contributed by atoms with Crippen molar-refractivity contribution in [2.75, 3.05) is 4.90 Å². The Kier molecular flexibility index (Phi) is 3.99. The molecule has 1 saturated heterocycles. The molecule has 1 aromatic heterocycles. The zero-order chi connectivity index (χ0) is 19.0. The van der Waals surface area contributed by atoms with Gasteiger partial charge in [-0.1, -0.05) is 47.6 Å². The lowest BCUT2D eigenvalue weighted by atomic mass is 9.89. The summed E-state index contributed by atoms with van der Waals surface area (Å²) in [6.07, 6.45) is 2.24. The first-order chi connectivity index (χ1) is 13.0. The molecule has 1 amide bonds. The van der Waals surface area contributed by atoms with Gasteiger partial charge < -0.3 is 5.21 Å². The van der Waals surface area contributed by atoms with Gasteiger partial charge in [0.2, 0.25) is 5.91 Å². The summed E-state index contributed by atoms with van der Waals surface area (Å²) in [4.78, 5) is 18.7. The molecule has 1 aliphatic rings. The van der Waals surface area contributed by atoms with Crippen LogP contribution in [0.3, 0.4) is 0 Å². The van der Waals surface area contributed by atoms with Gasteiger partial charge in [-0.25, -0.2) is 9.67 Å². The van der Waals surface area contributed by atoms with Crippen LogP contribution in [-0.2, 0) is 4.79 Å². The lowest BCUT2D eigenvalue weighted by Gasteiger charge is -2.24. The average Bonchev–Trinajstić information content (AvgIpc) is 3.28. The van der Waals surface area contributed by atoms with Crippen LogP contribution in [0.4, 0.5) is 5.69 Å². The Morgan fingerprint density at radius 2 is 1.70 bits per heavy atom. The highest BCUT2D eigenvalue weighted by Gasteiger charge is 2.53. The van der Waals surface area contributed by atoms with Crippen molar-refractivity contribution in [3.8, 4) is 11.1 Å². The second-order valence-electron chi connectivity index (χ2n) is 6.95. The van der Waals surface area contributed by atoms with Gasteiger partial charge in [0.25, 0.3) is 0 Å². The smallest absolute Gasteiger partial charge is 0.240 e. The van der Waals surface area contributed by atoms with Gasteiger partial charge in [-0.05, 0) is 37.1 Å². The zero-order valence-corrected chi connectivity index (χ0v) is 15.0. The van der Waals surface area contributed by atoms with E-state index in [-0.39, 0.29) is 5.91 Å². The SMILES string of the molecule is CC1(C)C(=O)N(c2ccc(-c3ccccc3)cc2)C(n2cncn2)C1=NO. The molecule has 2 heterocycles. The molecule has 0 saturated carbocycles. The Balaban J connectivity index is 1.78. The van der Waals surface area contributed by atoms with Crippen molar-refractivity contribution < 1.29 is 10.0 Å². The maximum Gasteiger partial charge on any atom is 0.240 e. The van der Waals surface area contributed by atoms with Crippen LogP contribution in [0, 0.1) is 5.41 Å². The van der Waals surface area contributed by atoms with Crippen molar-refractivity contribution in [3.63, 3.8) is 0 Å². The van der Waals surface area contributed by atoms with Gasteiger partial charge in [0.15, 0.2) is 6.17 Å². The molecule has 0 spiro atoms. The summed E-state index contributed by atoms with van der Waals surface area (Å²) in [5.74, 6) is -0.164. The Hall–Kier alpha value is -3.48. The number of nitrogens with zero attached hydrogens (tertiary/aromatic N) is 5. The van der Waals surface area contributed by atoms with Crippen molar-refractivity contribution in [1.29, 1.82) is 0 Å². The molecule has 4 rings (SSSR count). The normalized spacial score (nSPS) is 20.4. The van der Waals surface area contributed by atoms with Crippen LogP contribution in [0.25, 0.3) is 11.1 Å². The third-order valence-corrected chi connectivity index (χ3v) is 4.93. The highest BCUT2D eigenvalue weighted by molar-refractivity contribution is 6.23. The molecule has 3 aromatic rings. The van der Waals surface area contributed by atoms with Crippen molar-refractivity contribution in [1.82, 2.24) is 14.8 Å². The number of aromatic nitrogens is 3. The van der Waals surface area contributed by atoms with Crippen molar-refractivity contribution in [2.45, 2.75) is 20.0 Å². The first kappa shape index (κ1) is 17.0. The molecule has 1 aliphatic heterocycles. The van der Waals surface area contributed by atoms with Crippen molar-refractivity contribution >= 4 is 17.3 Å². The maximum atomic E-state index is 13.1. The van der Waals surface area contributed by atoms with Crippen LogP contribution >= 0.6 is 0 Å². The highest BCUT2D eigenvalue weighted by atomic mass is 16.4. The molecular weight excluding hydrogens is 342 g/mol. The molecule has 136 valence electrons. The van der Waals surface area contributed by atoms with Crippen LogP contribution in [0.5, 0.6) is 0 Å². The minimum atomic E-state index is -0.955. The standard InChI is InChI=1S/C20H19N5O2/c1-20(2)17(23-27)18(24-13-21-12-22-24)25(19(20)26)16-10-8-15(9-11-16)14-6-4-3-5-7-14/h3-13,18,27H,1-2H3. The number of amides is 1. The van der Waals surface area contributed by atoms with E-state index in [9.17, 15) is 10.0 Å². The molecule has 0 bridgehead atoms. The Morgan fingerprint density at radius 1 is 1.04 bits per heavy atom. The lowest BCUT2D eigenvalue weighted by molar-refractivity contribution is -0.122. The van der Waals surface area contributed by atoms with E-state index in [1.165, 1.54) is 17.3 Å².